The van der Waals surface area contributed by atoms with Crippen LogP contribution in [0.5, 0.6) is 0 Å². The molecule has 0 saturated heterocycles. The number of rotatable bonds is 4. The topological polar surface area (TPSA) is 55.1 Å². The minimum absolute atomic E-state index is 0.103. The SMILES string of the molecule is NC1CCC(CNC(=O)Cc2ccccc2F)C1. The van der Waals surface area contributed by atoms with E-state index >= 15 is 0 Å². The van der Waals surface area contributed by atoms with Crippen molar-refractivity contribution in [1.82, 2.24) is 5.32 Å². The van der Waals surface area contributed by atoms with Crippen LogP contribution in [0, 0.1) is 11.7 Å². The molecule has 2 rings (SSSR count). The second-order valence-corrected chi connectivity index (χ2v) is 5.01. The number of nitrogens with two attached hydrogens (primary N) is 1. The Balaban J connectivity index is 1.77. The largest absolute Gasteiger partial charge is 0.356 e. The van der Waals surface area contributed by atoms with E-state index in [-0.39, 0.29) is 24.2 Å². The average Bonchev–Trinajstić information content (AvgIpc) is 2.76. The van der Waals surface area contributed by atoms with Gasteiger partial charge in [-0.3, -0.25) is 4.79 Å². The van der Waals surface area contributed by atoms with Crippen LogP contribution in [-0.2, 0) is 11.2 Å². The molecule has 0 bridgehead atoms. The Labute approximate surface area is 107 Å². The summed E-state index contributed by atoms with van der Waals surface area (Å²) in [5.74, 6) is 0.0284. The minimum atomic E-state index is -0.324. The summed E-state index contributed by atoms with van der Waals surface area (Å²) in [6, 6.07) is 6.65. The fourth-order valence-corrected chi connectivity index (χ4v) is 2.43. The predicted molar refractivity (Wildman–Crippen MR) is 68.4 cm³/mol. The van der Waals surface area contributed by atoms with Crippen molar-refractivity contribution >= 4 is 5.91 Å². The molecule has 1 saturated carbocycles. The number of hydrogen-bond acceptors (Lipinski definition) is 2. The van der Waals surface area contributed by atoms with Crippen LogP contribution < -0.4 is 11.1 Å². The maximum absolute atomic E-state index is 13.3. The fourth-order valence-electron chi connectivity index (χ4n) is 2.43. The van der Waals surface area contributed by atoms with Crippen molar-refractivity contribution in [2.75, 3.05) is 6.54 Å². The van der Waals surface area contributed by atoms with Gasteiger partial charge >= 0.3 is 0 Å². The highest BCUT2D eigenvalue weighted by molar-refractivity contribution is 5.78. The van der Waals surface area contributed by atoms with E-state index in [0.29, 0.717) is 18.0 Å². The summed E-state index contributed by atoms with van der Waals surface area (Å²) in [7, 11) is 0. The monoisotopic (exact) mass is 250 g/mol. The molecular weight excluding hydrogens is 231 g/mol. The second-order valence-electron chi connectivity index (χ2n) is 5.01. The van der Waals surface area contributed by atoms with E-state index < -0.39 is 0 Å². The highest BCUT2D eigenvalue weighted by Gasteiger charge is 2.21. The molecule has 98 valence electrons. The van der Waals surface area contributed by atoms with Crippen molar-refractivity contribution in [3.63, 3.8) is 0 Å². The molecule has 4 heteroatoms. The van der Waals surface area contributed by atoms with E-state index in [1.54, 1.807) is 18.2 Å². The number of benzene rings is 1. The van der Waals surface area contributed by atoms with Gasteiger partial charge in [0.2, 0.25) is 5.91 Å². The second kappa shape index (κ2) is 5.96. The predicted octanol–water partition coefficient (Wildman–Crippen LogP) is 1.61. The van der Waals surface area contributed by atoms with Gasteiger partial charge in [-0.15, -0.1) is 0 Å². The van der Waals surface area contributed by atoms with E-state index in [0.717, 1.165) is 19.3 Å². The van der Waals surface area contributed by atoms with Crippen LogP contribution in [0.1, 0.15) is 24.8 Å². The van der Waals surface area contributed by atoms with Crippen LogP contribution in [0.25, 0.3) is 0 Å². The normalized spacial score (nSPS) is 23.0. The van der Waals surface area contributed by atoms with Crippen LogP contribution >= 0.6 is 0 Å². The quantitative estimate of drug-likeness (QED) is 0.853. The summed E-state index contributed by atoms with van der Waals surface area (Å²) in [6.07, 6.45) is 3.18. The maximum atomic E-state index is 13.3. The van der Waals surface area contributed by atoms with Gasteiger partial charge in [-0.05, 0) is 36.8 Å². The van der Waals surface area contributed by atoms with Crippen molar-refractivity contribution in [2.45, 2.75) is 31.7 Å². The summed E-state index contributed by atoms with van der Waals surface area (Å²) in [5, 5.41) is 2.86. The van der Waals surface area contributed by atoms with Gasteiger partial charge in [-0.25, -0.2) is 4.39 Å². The lowest BCUT2D eigenvalue weighted by molar-refractivity contribution is -0.120. The summed E-state index contributed by atoms with van der Waals surface area (Å²) in [5.41, 5.74) is 6.26. The molecule has 0 heterocycles. The van der Waals surface area contributed by atoms with Gasteiger partial charge in [0.15, 0.2) is 0 Å². The van der Waals surface area contributed by atoms with E-state index in [4.69, 9.17) is 5.73 Å². The number of hydrogen-bond donors (Lipinski definition) is 2. The number of nitrogens with one attached hydrogen (secondary N) is 1. The molecule has 1 aromatic rings. The Morgan fingerprint density at radius 2 is 2.17 bits per heavy atom. The third kappa shape index (κ3) is 3.53. The zero-order chi connectivity index (χ0) is 13.0. The van der Waals surface area contributed by atoms with Crippen molar-refractivity contribution in [2.24, 2.45) is 11.7 Å². The van der Waals surface area contributed by atoms with E-state index in [1.165, 1.54) is 6.07 Å². The van der Waals surface area contributed by atoms with Gasteiger partial charge in [0.1, 0.15) is 5.82 Å². The van der Waals surface area contributed by atoms with Crippen LogP contribution in [0.2, 0.25) is 0 Å². The Bertz CT molecular complexity index is 422. The Morgan fingerprint density at radius 3 is 2.83 bits per heavy atom. The number of halogens is 1. The summed E-state index contributed by atoms with van der Waals surface area (Å²) < 4.78 is 13.3. The average molecular weight is 250 g/mol. The minimum Gasteiger partial charge on any atom is -0.356 e. The first-order valence-electron chi connectivity index (χ1n) is 6.41. The third-order valence-corrected chi connectivity index (χ3v) is 3.48. The van der Waals surface area contributed by atoms with Crippen molar-refractivity contribution < 1.29 is 9.18 Å². The maximum Gasteiger partial charge on any atom is 0.224 e. The number of amides is 1. The molecule has 1 fully saturated rings. The molecule has 1 amide bonds. The van der Waals surface area contributed by atoms with Gasteiger partial charge in [-0.1, -0.05) is 18.2 Å². The lowest BCUT2D eigenvalue weighted by Gasteiger charge is -2.11. The molecular formula is C14H19FN2O. The lowest BCUT2D eigenvalue weighted by Crippen LogP contribution is -2.30. The van der Waals surface area contributed by atoms with Crippen LogP contribution in [0.4, 0.5) is 4.39 Å². The molecule has 0 aliphatic heterocycles. The van der Waals surface area contributed by atoms with Gasteiger partial charge in [0, 0.05) is 12.6 Å². The van der Waals surface area contributed by atoms with Gasteiger partial charge in [0.25, 0.3) is 0 Å². The first-order valence-corrected chi connectivity index (χ1v) is 6.41. The first kappa shape index (κ1) is 13.0. The molecule has 3 N–H and O–H groups in total. The van der Waals surface area contributed by atoms with E-state index in [9.17, 15) is 9.18 Å². The van der Waals surface area contributed by atoms with Crippen molar-refractivity contribution in [3.05, 3.63) is 35.6 Å². The number of carbonyl (C=O) groups excluding carboxylic acids is 1. The zero-order valence-corrected chi connectivity index (χ0v) is 10.4. The van der Waals surface area contributed by atoms with E-state index in [1.807, 2.05) is 0 Å². The fraction of sp³-hybridized carbons (Fsp3) is 0.500. The van der Waals surface area contributed by atoms with Crippen LogP contribution in [0.15, 0.2) is 24.3 Å². The standard InChI is InChI=1S/C14H19FN2O/c15-13-4-2-1-3-11(13)8-14(18)17-9-10-5-6-12(16)7-10/h1-4,10,12H,5-9,16H2,(H,17,18). The van der Waals surface area contributed by atoms with Gasteiger partial charge < -0.3 is 11.1 Å². The summed E-state index contributed by atoms with van der Waals surface area (Å²) in [6.45, 7) is 0.654. The lowest BCUT2D eigenvalue weighted by atomic mass is 10.1. The molecule has 0 spiro atoms. The Morgan fingerprint density at radius 1 is 1.39 bits per heavy atom. The van der Waals surface area contributed by atoms with Gasteiger partial charge in [0.05, 0.1) is 6.42 Å². The summed E-state index contributed by atoms with van der Waals surface area (Å²) in [4.78, 5) is 11.7. The zero-order valence-electron chi connectivity index (χ0n) is 10.4. The molecule has 0 aromatic heterocycles. The highest BCUT2D eigenvalue weighted by atomic mass is 19.1. The summed E-state index contributed by atoms with van der Waals surface area (Å²) >= 11 is 0. The first-order chi connectivity index (χ1) is 8.65. The third-order valence-electron chi connectivity index (χ3n) is 3.48. The van der Waals surface area contributed by atoms with Crippen LogP contribution in [-0.4, -0.2) is 18.5 Å². The Kier molecular flexibility index (Phi) is 4.31. The molecule has 1 aromatic carbocycles. The molecule has 1 aliphatic carbocycles. The molecule has 18 heavy (non-hydrogen) atoms. The molecule has 0 radical (unpaired) electrons. The van der Waals surface area contributed by atoms with Gasteiger partial charge in [-0.2, -0.15) is 0 Å². The van der Waals surface area contributed by atoms with E-state index in [2.05, 4.69) is 5.32 Å². The molecule has 3 nitrogen and oxygen atoms in total. The Hall–Kier alpha value is -1.42. The van der Waals surface area contributed by atoms with Crippen LogP contribution in [0.3, 0.4) is 0 Å². The molecule has 2 atom stereocenters. The molecule has 2 unspecified atom stereocenters. The smallest absolute Gasteiger partial charge is 0.224 e. The number of carbonyl (C=O) groups is 1. The highest BCUT2D eigenvalue weighted by Crippen LogP contribution is 2.23. The van der Waals surface area contributed by atoms with Crippen molar-refractivity contribution in [1.29, 1.82) is 0 Å². The van der Waals surface area contributed by atoms with Crippen molar-refractivity contribution in [3.8, 4) is 0 Å². The molecule has 1 aliphatic rings.